The Morgan fingerprint density at radius 3 is 2.93 bits per heavy atom. The van der Waals surface area contributed by atoms with Gasteiger partial charge in [-0.1, -0.05) is 6.07 Å². The van der Waals surface area contributed by atoms with Crippen LogP contribution in [0.25, 0.3) is 0 Å². The van der Waals surface area contributed by atoms with E-state index >= 15 is 0 Å². The van der Waals surface area contributed by atoms with Crippen LogP contribution in [0.15, 0.2) is 18.2 Å². The van der Waals surface area contributed by atoms with Crippen molar-refractivity contribution in [1.82, 2.24) is 4.98 Å². The van der Waals surface area contributed by atoms with E-state index in [0.29, 0.717) is 5.82 Å². The molecule has 1 amide bonds. The number of nitrogens with one attached hydrogen (secondary N) is 1. The fourth-order valence-corrected chi connectivity index (χ4v) is 0.912. The number of pyridine rings is 1. The van der Waals surface area contributed by atoms with Crippen molar-refractivity contribution in [2.75, 3.05) is 11.9 Å². The summed E-state index contributed by atoms with van der Waals surface area (Å²) in [6.07, 6.45) is 0. The standard InChI is InChI=1S/C8H9N3O3/c1-6-3-2-4-7(9-6)10-8(12)5-11(13)14/h2-4H,5H2,1H3,(H,9,10,12). The fraction of sp³-hybridized carbons (Fsp3) is 0.250. The van der Waals surface area contributed by atoms with Gasteiger partial charge in [0.1, 0.15) is 5.82 Å². The molecule has 0 bridgehead atoms. The van der Waals surface area contributed by atoms with Crippen molar-refractivity contribution in [3.8, 4) is 0 Å². The topological polar surface area (TPSA) is 85.1 Å². The Morgan fingerprint density at radius 1 is 1.64 bits per heavy atom. The highest BCUT2D eigenvalue weighted by molar-refractivity contribution is 5.90. The summed E-state index contributed by atoms with van der Waals surface area (Å²) in [6.45, 7) is 1.03. The Kier molecular flexibility index (Phi) is 3.11. The zero-order chi connectivity index (χ0) is 10.6. The second kappa shape index (κ2) is 4.31. The van der Waals surface area contributed by atoms with Crippen LogP contribution in [-0.4, -0.2) is 22.4 Å². The third kappa shape index (κ3) is 3.18. The molecule has 1 aromatic rings. The van der Waals surface area contributed by atoms with E-state index < -0.39 is 17.4 Å². The van der Waals surface area contributed by atoms with E-state index in [4.69, 9.17) is 0 Å². The zero-order valence-electron chi connectivity index (χ0n) is 7.56. The molecule has 1 aromatic heterocycles. The van der Waals surface area contributed by atoms with E-state index in [2.05, 4.69) is 10.3 Å². The first-order valence-electron chi connectivity index (χ1n) is 3.93. The third-order valence-corrected chi connectivity index (χ3v) is 1.43. The van der Waals surface area contributed by atoms with Crippen molar-refractivity contribution in [3.63, 3.8) is 0 Å². The Balaban J connectivity index is 2.60. The normalized spacial score (nSPS) is 9.50. The number of rotatable bonds is 3. The average Bonchev–Trinajstić information content (AvgIpc) is 2.01. The van der Waals surface area contributed by atoms with Gasteiger partial charge in [0.05, 0.1) is 0 Å². The van der Waals surface area contributed by atoms with Crippen molar-refractivity contribution in [2.24, 2.45) is 0 Å². The predicted octanol–water partition coefficient (Wildman–Crippen LogP) is 0.605. The Bertz CT molecular complexity index is 365. The molecule has 0 unspecified atom stereocenters. The summed E-state index contributed by atoms with van der Waals surface area (Å²) in [5.41, 5.74) is 0.740. The van der Waals surface area contributed by atoms with Crippen molar-refractivity contribution in [1.29, 1.82) is 0 Å². The fourth-order valence-electron chi connectivity index (χ4n) is 0.912. The third-order valence-electron chi connectivity index (χ3n) is 1.43. The molecule has 0 saturated carbocycles. The quantitative estimate of drug-likeness (QED) is 0.565. The molecule has 74 valence electrons. The number of anilines is 1. The van der Waals surface area contributed by atoms with Crippen molar-refractivity contribution < 1.29 is 9.72 Å². The number of nitrogens with zero attached hydrogens (tertiary/aromatic N) is 2. The molecule has 0 radical (unpaired) electrons. The van der Waals surface area contributed by atoms with E-state index in [1.165, 1.54) is 0 Å². The largest absolute Gasteiger partial charge is 0.305 e. The van der Waals surface area contributed by atoms with Crippen LogP contribution in [0.4, 0.5) is 5.82 Å². The molecule has 0 aliphatic carbocycles. The predicted molar refractivity (Wildman–Crippen MR) is 49.5 cm³/mol. The Morgan fingerprint density at radius 2 is 2.36 bits per heavy atom. The SMILES string of the molecule is Cc1cccc(NC(=O)C[N+](=O)[O-])n1. The van der Waals surface area contributed by atoms with Crippen molar-refractivity contribution in [3.05, 3.63) is 34.0 Å². The minimum atomic E-state index is -0.740. The van der Waals surface area contributed by atoms with Crippen molar-refractivity contribution in [2.45, 2.75) is 6.92 Å². The molecule has 0 atom stereocenters. The molecular formula is C8H9N3O3. The zero-order valence-corrected chi connectivity index (χ0v) is 7.56. The number of carbonyl (C=O) groups is 1. The summed E-state index contributed by atoms with van der Waals surface area (Å²) in [5.74, 6) is -0.343. The van der Waals surface area contributed by atoms with Gasteiger partial charge in [-0.15, -0.1) is 0 Å². The maximum atomic E-state index is 10.9. The van der Waals surface area contributed by atoms with Gasteiger partial charge in [-0.05, 0) is 19.1 Å². The van der Waals surface area contributed by atoms with Crippen LogP contribution in [-0.2, 0) is 4.79 Å². The van der Waals surface area contributed by atoms with Gasteiger partial charge < -0.3 is 5.32 Å². The van der Waals surface area contributed by atoms with Gasteiger partial charge in [-0.25, -0.2) is 4.98 Å². The highest BCUT2D eigenvalue weighted by Crippen LogP contribution is 2.03. The van der Waals surface area contributed by atoms with Gasteiger partial charge in [0.25, 0.3) is 12.5 Å². The molecule has 0 aliphatic rings. The van der Waals surface area contributed by atoms with Gasteiger partial charge in [0.2, 0.25) is 0 Å². The summed E-state index contributed by atoms with van der Waals surface area (Å²) in [6, 6.07) is 5.05. The monoisotopic (exact) mass is 195 g/mol. The van der Waals surface area contributed by atoms with Crippen LogP contribution in [0.3, 0.4) is 0 Å². The molecule has 14 heavy (non-hydrogen) atoms. The lowest BCUT2D eigenvalue weighted by molar-refractivity contribution is -0.467. The van der Waals surface area contributed by atoms with Gasteiger partial charge in [-0.2, -0.15) is 0 Å². The number of carbonyl (C=O) groups excluding carboxylic acids is 1. The molecule has 0 aliphatic heterocycles. The second-order valence-corrected chi connectivity index (χ2v) is 2.70. The summed E-state index contributed by atoms with van der Waals surface area (Å²) in [4.78, 5) is 24.2. The molecule has 0 fully saturated rings. The minimum Gasteiger partial charge on any atom is -0.305 e. The summed E-state index contributed by atoms with van der Waals surface area (Å²) in [5, 5.41) is 12.3. The molecule has 6 nitrogen and oxygen atoms in total. The summed E-state index contributed by atoms with van der Waals surface area (Å²) in [7, 11) is 0. The minimum absolute atomic E-state index is 0.330. The van der Waals surface area contributed by atoms with Crippen LogP contribution < -0.4 is 5.32 Å². The van der Waals surface area contributed by atoms with Gasteiger partial charge in [-0.3, -0.25) is 14.9 Å². The lowest BCUT2D eigenvalue weighted by Gasteiger charge is -2.01. The van der Waals surface area contributed by atoms with Crippen LogP contribution in [0.1, 0.15) is 5.69 Å². The van der Waals surface area contributed by atoms with Gasteiger partial charge >= 0.3 is 0 Å². The lowest BCUT2D eigenvalue weighted by Crippen LogP contribution is -2.22. The van der Waals surface area contributed by atoms with Crippen LogP contribution in [0, 0.1) is 17.0 Å². The highest BCUT2D eigenvalue weighted by Gasteiger charge is 2.09. The molecule has 0 aromatic carbocycles. The number of hydrogen-bond acceptors (Lipinski definition) is 4. The van der Waals surface area contributed by atoms with Crippen LogP contribution in [0.5, 0.6) is 0 Å². The maximum absolute atomic E-state index is 10.9. The summed E-state index contributed by atoms with van der Waals surface area (Å²) >= 11 is 0. The second-order valence-electron chi connectivity index (χ2n) is 2.70. The van der Waals surface area contributed by atoms with E-state index in [0.717, 1.165) is 5.69 Å². The van der Waals surface area contributed by atoms with E-state index in [1.54, 1.807) is 25.1 Å². The molecule has 6 heteroatoms. The number of aromatic nitrogens is 1. The number of nitro groups is 1. The number of amides is 1. The molecule has 1 N–H and O–H groups in total. The Labute approximate surface area is 80.1 Å². The average molecular weight is 195 g/mol. The molecule has 1 heterocycles. The van der Waals surface area contributed by atoms with Crippen molar-refractivity contribution >= 4 is 11.7 Å². The number of hydrogen-bond donors (Lipinski definition) is 1. The van der Waals surface area contributed by atoms with Gasteiger partial charge in [0, 0.05) is 10.6 Å². The van der Waals surface area contributed by atoms with Crippen LogP contribution in [0.2, 0.25) is 0 Å². The van der Waals surface area contributed by atoms with E-state index in [9.17, 15) is 14.9 Å². The smallest absolute Gasteiger partial charge is 0.297 e. The van der Waals surface area contributed by atoms with Crippen LogP contribution >= 0.6 is 0 Å². The molecular weight excluding hydrogens is 186 g/mol. The first-order chi connectivity index (χ1) is 6.58. The molecule has 0 spiro atoms. The Hall–Kier alpha value is -1.98. The van der Waals surface area contributed by atoms with E-state index in [-0.39, 0.29) is 0 Å². The highest BCUT2D eigenvalue weighted by atomic mass is 16.6. The summed E-state index contributed by atoms with van der Waals surface area (Å²) < 4.78 is 0. The number of aryl methyl sites for hydroxylation is 1. The molecule has 0 saturated heterocycles. The van der Waals surface area contributed by atoms with Gasteiger partial charge in [0.15, 0.2) is 0 Å². The maximum Gasteiger partial charge on any atom is 0.297 e. The van der Waals surface area contributed by atoms with E-state index in [1.807, 2.05) is 0 Å². The lowest BCUT2D eigenvalue weighted by atomic mass is 10.4. The first kappa shape index (κ1) is 10.1. The first-order valence-corrected chi connectivity index (χ1v) is 3.93. The molecule has 1 rings (SSSR count).